The van der Waals surface area contributed by atoms with Crippen molar-refractivity contribution in [3.8, 4) is 4.90 Å². The highest BCUT2D eigenvalue weighted by Gasteiger charge is 2.13. The fraction of sp³-hybridized carbons (Fsp3) is 0. The summed E-state index contributed by atoms with van der Waals surface area (Å²) in [6, 6.07) is 21.5. The highest BCUT2D eigenvalue weighted by atomic mass is 32.2. The summed E-state index contributed by atoms with van der Waals surface area (Å²) in [7, 11) is 0.154. The molecule has 1 heteroatoms. The van der Waals surface area contributed by atoms with E-state index in [0.717, 1.165) is 0 Å². The molecule has 0 aliphatic rings. The van der Waals surface area contributed by atoms with Gasteiger partial charge in [0.25, 0.3) is 0 Å². The highest BCUT2D eigenvalue weighted by molar-refractivity contribution is 7.43. The van der Waals surface area contributed by atoms with Crippen molar-refractivity contribution in [3.05, 3.63) is 66.0 Å². The van der Waals surface area contributed by atoms with Gasteiger partial charge in [-0.15, -0.1) is 0 Å². The average Bonchev–Trinajstić information content (AvgIpc) is 2.74. The molecule has 1 unspecified atom stereocenters. The zero-order valence-electron chi connectivity index (χ0n) is 8.26. The molecule has 0 bridgehead atoms. The minimum absolute atomic E-state index is 0.154. The van der Waals surface area contributed by atoms with Crippen LogP contribution in [0.1, 0.15) is 0 Å². The smallest absolute Gasteiger partial charge is 0.0619 e. The minimum Gasteiger partial charge on any atom is -0.0619 e. The van der Waals surface area contributed by atoms with Crippen molar-refractivity contribution in [2.75, 3.05) is 0 Å². The largest absolute Gasteiger partial charge is 0.186 e. The van der Waals surface area contributed by atoms with Crippen molar-refractivity contribution in [1.82, 2.24) is 0 Å². The van der Waals surface area contributed by atoms with Crippen LogP contribution >= 0.6 is 10.5 Å². The second kappa shape index (κ2) is 3.52. The SMILES string of the molecule is c1ccc(-[s+]2ccc3ccccc32)cc1. The summed E-state index contributed by atoms with van der Waals surface area (Å²) in [5.74, 6) is 0. The molecule has 0 saturated heterocycles. The predicted octanol–water partition coefficient (Wildman–Crippen LogP) is 4.58. The molecule has 72 valence electrons. The van der Waals surface area contributed by atoms with Gasteiger partial charge in [0.15, 0.2) is 9.60 Å². The van der Waals surface area contributed by atoms with Crippen molar-refractivity contribution in [1.29, 1.82) is 0 Å². The zero-order valence-corrected chi connectivity index (χ0v) is 9.08. The van der Waals surface area contributed by atoms with Gasteiger partial charge in [-0.25, -0.2) is 0 Å². The number of hydrogen-bond acceptors (Lipinski definition) is 0. The van der Waals surface area contributed by atoms with Crippen molar-refractivity contribution in [2.24, 2.45) is 0 Å². The van der Waals surface area contributed by atoms with Crippen molar-refractivity contribution in [3.63, 3.8) is 0 Å². The third kappa shape index (κ3) is 1.45. The molecular formula is C14H11S+. The molecule has 0 nitrogen and oxygen atoms in total. The maximum Gasteiger partial charge on any atom is 0.186 e. The first-order valence-electron chi connectivity index (χ1n) is 5.00. The van der Waals surface area contributed by atoms with E-state index >= 15 is 0 Å². The van der Waals surface area contributed by atoms with Gasteiger partial charge in [-0.3, -0.25) is 0 Å². The molecular weight excluding hydrogens is 200 g/mol. The molecule has 15 heavy (non-hydrogen) atoms. The number of thiophene rings is 1. The summed E-state index contributed by atoms with van der Waals surface area (Å²) in [4.78, 5) is 1.40. The van der Waals surface area contributed by atoms with Gasteiger partial charge < -0.3 is 0 Å². The van der Waals surface area contributed by atoms with Crippen LogP contribution in [-0.4, -0.2) is 0 Å². The van der Waals surface area contributed by atoms with Crippen LogP contribution in [0.5, 0.6) is 0 Å². The van der Waals surface area contributed by atoms with Gasteiger partial charge in [-0.1, -0.05) is 30.3 Å². The van der Waals surface area contributed by atoms with Gasteiger partial charge in [-0.2, -0.15) is 0 Å². The Kier molecular flexibility index (Phi) is 2.04. The minimum atomic E-state index is 0.154. The van der Waals surface area contributed by atoms with E-state index in [-0.39, 0.29) is 10.5 Å². The van der Waals surface area contributed by atoms with E-state index in [9.17, 15) is 0 Å². The highest BCUT2D eigenvalue weighted by Crippen LogP contribution is 2.38. The average molecular weight is 211 g/mol. The van der Waals surface area contributed by atoms with Crippen molar-refractivity contribution < 1.29 is 0 Å². The molecule has 1 heterocycles. The standard InChI is InChI=1S/C14H11S/c1-2-7-13(8-3-1)15-11-10-12-6-4-5-9-14(12)15/h1-11H/q+1. The summed E-state index contributed by atoms with van der Waals surface area (Å²) < 4.78 is 1.45. The van der Waals surface area contributed by atoms with Gasteiger partial charge >= 0.3 is 0 Å². The van der Waals surface area contributed by atoms with Crippen molar-refractivity contribution in [2.45, 2.75) is 0 Å². The van der Waals surface area contributed by atoms with Crippen LogP contribution in [0.4, 0.5) is 0 Å². The molecule has 0 radical (unpaired) electrons. The number of rotatable bonds is 1. The lowest BCUT2D eigenvalue weighted by Gasteiger charge is -1.89. The lowest BCUT2D eigenvalue weighted by atomic mass is 10.3. The molecule has 0 spiro atoms. The van der Waals surface area contributed by atoms with E-state index in [2.05, 4.69) is 66.0 Å². The molecule has 1 aromatic heterocycles. The van der Waals surface area contributed by atoms with Gasteiger partial charge in [0.1, 0.15) is 5.38 Å². The molecule has 0 aliphatic heterocycles. The Morgan fingerprint density at radius 3 is 2.27 bits per heavy atom. The van der Waals surface area contributed by atoms with Gasteiger partial charge in [0.2, 0.25) is 0 Å². The number of benzene rings is 2. The molecule has 0 N–H and O–H groups in total. The molecule has 3 rings (SSSR count). The van der Waals surface area contributed by atoms with Crippen LogP contribution in [0.15, 0.2) is 66.0 Å². The first kappa shape index (κ1) is 8.69. The van der Waals surface area contributed by atoms with E-state index in [4.69, 9.17) is 0 Å². The van der Waals surface area contributed by atoms with Gasteiger partial charge in [-0.05, 0) is 24.3 Å². The van der Waals surface area contributed by atoms with E-state index < -0.39 is 0 Å². The lowest BCUT2D eigenvalue weighted by Crippen LogP contribution is -1.66. The molecule has 0 aliphatic carbocycles. The summed E-state index contributed by atoms with van der Waals surface area (Å²) in [5, 5.41) is 3.67. The third-order valence-corrected chi connectivity index (χ3v) is 4.57. The van der Waals surface area contributed by atoms with Gasteiger partial charge in [0.05, 0.1) is 0 Å². The third-order valence-electron chi connectivity index (χ3n) is 2.54. The van der Waals surface area contributed by atoms with Crippen LogP contribution in [0.2, 0.25) is 0 Å². The zero-order chi connectivity index (χ0) is 10.1. The Balaban J connectivity index is 2.28. The van der Waals surface area contributed by atoms with E-state index in [1.54, 1.807) is 0 Å². The topological polar surface area (TPSA) is 0 Å². The summed E-state index contributed by atoms with van der Waals surface area (Å²) in [5.41, 5.74) is 0. The maximum atomic E-state index is 2.31. The predicted molar refractivity (Wildman–Crippen MR) is 67.8 cm³/mol. The van der Waals surface area contributed by atoms with Crippen LogP contribution in [0.3, 0.4) is 0 Å². The van der Waals surface area contributed by atoms with Crippen LogP contribution < -0.4 is 0 Å². The maximum absolute atomic E-state index is 2.31. The molecule has 1 atom stereocenters. The molecule has 0 amide bonds. The first-order chi connectivity index (χ1) is 7.45. The van der Waals surface area contributed by atoms with Crippen molar-refractivity contribution >= 4 is 20.6 Å². The molecule has 0 fully saturated rings. The quantitative estimate of drug-likeness (QED) is 0.517. The van der Waals surface area contributed by atoms with E-state index in [1.807, 2.05) is 0 Å². The second-order valence-electron chi connectivity index (χ2n) is 3.49. The molecule has 0 saturated carbocycles. The normalized spacial score (nSPS) is 11.9. The Bertz CT molecular complexity index is 578. The lowest BCUT2D eigenvalue weighted by molar-refractivity contribution is 1.76. The Morgan fingerprint density at radius 1 is 0.667 bits per heavy atom. The van der Waals surface area contributed by atoms with Gasteiger partial charge in [0, 0.05) is 21.9 Å². The van der Waals surface area contributed by atoms with Crippen LogP contribution in [0, 0.1) is 0 Å². The Hall–Kier alpha value is -1.60. The second-order valence-corrected chi connectivity index (χ2v) is 5.35. The van der Waals surface area contributed by atoms with Crippen LogP contribution in [-0.2, 0) is 0 Å². The number of fused-ring (bicyclic) bond motifs is 1. The van der Waals surface area contributed by atoms with E-state index in [1.165, 1.54) is 15.0 Å². The molecule has 3 aromatic rings. The van der Waals surface area contributed by atoms with Crippen LogP contribution in [0.25, 0.3) is 15.0 Å². The fourth-order valence-electron chi connectivity index (χ4n) is 1.81. The molecule has 2 aromatic carbocycles. The van der Waals surface area contributed by atoms with E-state index in [0.29, 0.717) is 0 Å². The first-order valence-corrected chi connectivity index (χ1v) is 6.29. The fourth-order valence-corrected chi connectivity index (χ4v) is 3.71. The Labute approximate surface area is 91.8 Å². The number of hydrogen-bond donors (Lipinski definition) is 0. The Morgan fingerprint density at radius 2 is 1.40 bits per heavy atom. The summed E-state index contributed by atoms with van der Waals surface area (Å²) in [6.07, 6.45) is 0. The summed E-state index contributed by atoms with van der Waals surface area (Å²) >= 11 is 0. The summed E-state index contributed by atoms with van der Waals surface area (Å²) in [6.45, 7) is 0. The monoisotopic (exact) mass is 211 g/mol.